The maximum atomic E-state index is 12.6. The van der Waals surface area contributed by atoms with Crippen molar-refractivity contribution in [3.05, 3.63) is 22.8 Å². The van der Waals surface area contributed by atoms with Gasteiger partial charge < -0.3 is 19.7 Å². The number of ketones is 1. The van der Waals surface area contributed by atoms with E-state index in [0.717, 1.165) is 0 Å². The van der Waals surface area contributed by atoms with Crippen LogP contribution in [0.25, 0.3) is 0 Å². The topological polar surface area (TPSA) is 110 Å². The first-order valence-corrected chi connectivity index (χ1v) is 9.18. The highest BCUT2D eigenvalue weighted by atomic mass is 16.6. The minimum atomic E-state index is -1.61. The monoisotopic (exact) mass is 378 g/mol. The van der Waals surface area contributed by atoms with Gasteiger partial charge in [0.05, 0.1) is 23.0 Å². The van der Waals surface area contributed by atoms with Crippen molar-refractivity contribution in [2.45, 2.75) is 70.9 Å². The normalized spacial score (nSPS) is 41.8. The van der Waals surface area contributed by atoms with Gasteiger partial charge in [-0.2, -0.15) is 0 Å². The summed E-state index contributed by atoms with van der Waals surface area (Å²) in [6.07, 6.45) is -0.380. The van der Waals surface area contributed by atoms with E-state index in [1.54, 1.807) is 26.8 Å². The molecule has 2 aliphatic carbocycles. The van der Waals surface area contributed by atoms with Crippen LogP contribution >= 0.6 is 0 Å². The number of hydrogen-bond donors (Lipinski definition) is 2. The molecule has 0 aromatic heterocycles. The number of aliphatic hydroxyl groups is 2. The van der Waals surface area contributed by atoms with Crippen molar-refractivity contribution in [3.8, 4) is 0 Å². The Bertz CT molecular complexity index is 771. The van der Waals surface area contributed by atoms with Crippen molar-refractivity contribution in [1.82, 2.24) is 0 Å². The van der Waals surface area contributed by atoms with Gasteiger partial charge in [0.2, 0.25) is 0 Å². The molecule has 2 N–H and O–H groups in total. The third-order valence-electron chi connectivity index (χ3n) is 6.04. The fourth-order valence-electron chi connectivity index (χ4n) is 4.55. The van der Waals surface area contributed by atoms with E-state index in [1.807, 2.05) is 0 Å². The molecule has 0 saturated carbocycles. The van der Waals surface area contributed by atoms with Gasteiger partial charge in [0.15, 0.2) is 5.78 Å². The first kappa shape index (κ1) is 19.8. The van der Waals surface area contributed by atoms with E-state index in [-0.39, 0.29) is 29.8 Å². The summed E-state index contributed by atoms with van der Waals surface area (Å²) < 4.78 is 11.2. The predicted molar refractivity (Wildman–Crippen MR) is 94.4 cm³/mol. The standard InChI is InChI=1S/C20H26O7/c1-6-9(2)17(22)26-12-8-20(5,25)14-11(21)7-19(4,24)15(14)16-13(12)10(3)18(23)27-16/h6,10,12-13,16,24-25H,7-8H2,1-5H3/b9-6+/t10-,12-,13-,16+,19?,20?/m1/s1. The lowest BCUT2D eigenvalue weighted by Gasteiger charge is -2.32. The highest BCUT2D eigenvalue weighted by Crippen LogP contribution is 2.51. The van der Waals surface area contributed by atoms with Crippen LogP contribution in [0.4, 0.5) is 0 Å². The number of carbonyl (C=O) groups is 3. The molecule has 0 aromatic rings. The smallest absolute Gasteiger partial charge is 0.333 e. The zero-order valence-corrected chi connectivity index (χ0v) is 16.2. The molecule has 0 radical (unpaired) electrons. The molecule has 0 bridgehead atoms. The number of rotatable bonds is 2. The van der Waals surface area contributed by atoms with E-state index < -0.39 is 47.2 Å². The van der Waals surface area contributed by atoms with Crippen molar-refractivity contribution in [2.75, 3.05) is 0 Å². The molecule has 1 saturated heterocycles. The van der Waals surface area contributed by atoms with Crippen LogP contribution in [0.1, 0.15) is 47.5 Å². The zero-order chi connectivity index (χ0) is 20.3. The Morgan fingerprint density at radius 2 is 1.89 bits per heavy atom. The van der Waals surface area contributed by atoms with E-state index in [2.05, 4.69) is 0 Å². The van der Waals surface area contributed by atoms with Crippen molar-refractivity contribution in [3.63, 3.8) is 0 Å². The fraction of sp³-hybridized carbons (Fsp3) is 0.650. The number of hydrogen-bond acceptors (Lipinski definition) is 7. The highest BCUT2D eigenvalue weighted by molar-refractivity contribution is 6.03. The lowest BCUT2D eigenvalue weighted by atomic mass is 9.80. The Morgan fingerprint density at radius 1 is 1.26 bits per heavy atom. The fourth-order valence-corrected chi connectivity index (χ4v) is 4.55. The molecule has 1 heterocycles. The van der Waals surface area contributed by atoms with Gasteiger partial charge in [0, 0.05) is 29.6 Å². The number of fused-ring (bicyclic) bond motifs is 2. The second-order valence-electron chi connectivity index (χ2n) is 8.28. The van der Waals surface area contributed by atoms with Crippen LogP contribution in [0.2, 0.25) is 0 Å². The SMILES string of the molecule is C/C=C(\C)C(=O)O[C@@H]1CC(C)(O)C2=C([C@H]3OC(=O)[C@H](C)[C@@H]31)C(C)(O)CC2=O. The van der Waals surface area contributed by atoms with Crippen LogP contribution in [0, 0.1) is 11.8 Å². The van der Waals surface area contributed by atoms with E-state index >= 15 is 0 Å². The van der Waals surface area contributed by atoms with Crippen molar-refractivity contribution in [1.29, 1.82) is 0 Å². The zero-order valence-electron chi connectivity index (χ0n) is 16.2. The second-order valence-corrected chi connectivity index (χ2v) is 8.28. The van der Waals surface area contributed by atoms with Gasteiger partial charge in [-0.1, -0.05) is 13.0 Å². The summed E-state index contributed by atoms with van der Waals surface area (Å²) in [5.74, 6) is -2.61. The molecule has 27 heavy (non-hydrogen) atoms. The van der Waals surface area contributed by atoms with Crippen molar-refractivity contribution >= 4 is 17.7 Å². The van der Waals surface area contributed by atoms with Gasteiger partial charge >= 0.3 is 11.9 Å². The number of Topliss-reactive ketones (excluding diaryl/α,β-unsaturated/α-hetero) is 1. The van der Waals surface area contributed by atoms with Crippen LogP contribution in [-0.2, 0) is 23.9 Å². The Balaban J connectivity index is 2.11. The summed E-state index contributed by atoms with van der Waals surface area (Å²) >= 11 is 0. The van der Waals surface area contributed by atoms with Crippen LogP contribution < -0.4 is 0 Å². The summed E-state index contributed by atoms with van der Waals surface area (Å²) in [5.41, 5.74) is -2.43. The Hall–Kier alpha value is -1.99. The minimum absolute atomic E-state index is 0.0570. The summed E-state index contributed by atoms with van der Waals surface area (Å²) in [4.78, 5) is 37.2. The number of allylic oxidation sites excluding steroid dienone is 1. The molecular formula is C20H26O7. The molecule has 148 valence electrons. The molecule has 0 aromatic carbocycles. The van der Waals surface area contributed by atoms with Crippen LogP contribution in [0.15, 0.2) is 22.8 Å². The van der Waals surface area contributed by atoms with Crippen molar-refractivity contribution < 1.29 is 34.1 Å². The molecule has 3 rings (SSSR count). The predicted octanol–water partition coefficient (Wildman–Crippen LogP) is 1.22. The number of ether oxygens (including phenoxy) is 2. The van der Waals surface area contributed by atoms with Gasteiger partial charge in [-0.05, 0) is 27.7 Å². The largest absolute Gasteiger partial charge is 0.458 e. The maximum absolute atomic E-state index is 12.6. The molecule has 3 aliphatic rings. The highest BCUT2D eigenvalue weighted by Gasteiger charge is 2.61. The third-order valence-corrected chi connectivity index (χ3v) is 6.04. The van der Waals surface area contributed by atoms with Gasteiger partial charge in [-0.3, -0.25) is 9.59 Å². The summed E-state index contributed by atoms with van der Waals surface area (Å²) in [5, 5.41) is 21.9. The quantitative estimate of drug-likeness (QED) is 0.549. The number of carbonyl (C=O) groups excluding carboxylic acids is 3. The van der Waals surface area contributed by atoms with E-state index in [9.17, 15) is 24.6 Å². The lowest BCUT2D eigenvalue weighted by molar-refractivity contribution is -0.151. The molecule has 0 amide bonds. The molecule has 1 fully saturated rings. The van der Waals surface area contributed by atoms with Gasteiger partial charge in [0.1, 0.15) is 12.2 Å². The summed E-state index contributed by atoms with van der Waals surface area (Å²) in [6.45, 7) is 7.94. The lowest BCUT2D eigenvalue weighted by Crippen LogP contribution is -2.42. The molecular weight excluding hydrogens is 352 g/mol. The molecule has 7 nitrogen and oxygen atoms in total. The van der Waals surface area contributed by atoms with Crippen LogP contribution in [-0.4, -0.2) is 51.3 Å². The average molecular weight is 378 g/mol. The van der Waals surface area contributed by atoms with Gasteiger partial charge in [-0.25, -0.2) is 4.79 Å². The Labute approximate surface area is 158 Å². The van der Waals surface area contributed by atoms with Gasteiger partial charge in [-0.15, -0.1) is 0 Å². The van der Waals surface area contributed by atoms with Crippen molar-refractivity contribution in [2.24, 2.45) is 11.8 Å². The van der Waals surface area contributed by atoms with Crippen LogP contribution in [0.5, 0.6) is 0 Å². The van der Waals surface area contributed by atoms with Crippen LogP contribution in [0.3, 0.4) is 0 Å². The first-order chi connectivity index (χ1) is 12.4. The molecule has 0 spiro atoms. The molecule has 7 heteroatoms. The summed E-state index contributed by atoms with van der Waals surface area (Å²) in [6, 6.07) is 0. The molecule has 2 unspecified atom stereocenters. The van der Waals surface area contributed by atoms with E-state index in [4.69, 9.17) is 9.47 Å². The average Bonchev–Trinajstić information content (AvgIpc) is 2.93. The maximum Gasteiger partial charge on any atom is 0.333 e. The Morgan fingerprint density at radius 3 is 2.48 bits per heavy atom. The molecule has 6 atom stereocenters. The van der Waals surface area contributed by atoms with Gasteiger partial charge in [0.25, 0.3) is 0 Å². The number of esters is 2. The van der Waals surface area contributed by atoms with E-state index in [0.29, 0.717) is 5.57 Å². The minimum Gasteiger partial charge on any atom is -0.458 e. The Kier molecular flexibility index (Phi) is 4.59. The first-order valence-electron chi connectivity index (χ1n) is 9.18. The molecule has 1 aliphatic heterocycles. The third kappa shape index (κ3) is 3.02. The second kappa shape index (κ2) is 6.27. The van der Waals surface area contributed by atoms with E-state index in [1.165, 1.54) is 13.8 Å². The summed E-state index contributed by atoms with van der Waals surface area (Å²) in [7, 11) is 0.